The first-order chi connectivity index (χ1) is 9.76. The van der Waals surface area contributed by atoms with Gasteiger partial charge in [0, 0.05) is 17.3 Å². The first-order valence-corrected chi connectivity index (χ1v) is 6.13. The van der Waals surface area contributed by atoms with Gasteiger partial charge in [-0.2, -0.15) is 5.26 Å². The normalized spacial score (nSPS) is 10.2. The summed E-state index contributed by atoms with van der Waals surface area (Å²) in [5, 5.41) is 13.0. The summed E-state index contributed by atoms with van der Waals surface area (Å²) in [5.41, 5.74) is 2.95. The van der Waals surface area contributed by atoms with Gasteiger partial charge in [0.25, 0.3) is 0 Å². The predicted octanol–water partition coefficient (Wildman–Crippen LogP) is 2.95. The molecule has 0 atom stereocenters. The van der Waals surface area contributed by atoms with Gasteiger partial charge in [0.15, 0.2) is 0 Å². The topological polar surface area (TPSA) is 74.5 Å². The van der Waals surface area contributed by atoms with E-state index in [4.69, 9.17) is 5.26 Å². The zero-order valence-corrected chi connectivity index (χ0v) is 10.8. The lowest BCUT2D eigenvalue weighted by Gasteiger charge is -2.08. The fourth-order valence-electron chi connectivity index (χ4n) is 1.95. The number of nitrogens with zero attached hydrogens (tertiary/aromatic N) is 4. The molecule has 0 amide bonds. The maximum atomic E-state index is 8.86. The van der Waals surface area contributed by atoms with Crippen LogP contribution in [0.1, 0.15) is 11.4 Å². The fraction of sp³-hybridized carbons (Fsp3) is 0.0667. The molecule has 5 nitrogen and oxygen atoms in total. The van der Waals surface area contributed by atoms with Gasteiger partial charge in [0.1, 0.15) is 11.8 Å². The van der Waals surface area contributed by atoms with Gasteiger partial charge in [-0.1, -0.05) is 18.2 Å². The Morgan fingerprint density at radius 2 is 2.00 bits per heavy atom. The number of para-hydroxylation sites is 1. The molecule has 0 unspecified atom stereocenters. The number of hydrogen-bond acceptors (Lipinski definition) is 5. The van der Waals surface area contributed by atoms with Crippen molar-refractivity contribution in [2.45, 2.75) is 6.92 Å². The van der Waals surface area contributed by atoms with Crippen LogP contribution in [0.25, 0.3) is 10.9 Å². The van der Waals surface area contributed by atoms with Crippen LogP contribution in [0.2, 0.25) is 0 Å². The molecule has 5 heteroatoms. The van der Waals surface area contributed by atoms with Crippen molar-refractivity contribution < 1.29 is 0 Å². The monoisotopic (exact) mass is 261 g/mol. The van der Waals surface area contributed by atoms with Crippen LogP contribution < -0.4 is 5.32 Å². The van der Waals surface area contributed by atoms with E-state index in [1.54, 1.807) is 12.3 Å². The molecule has 20 heavy (non-hydrogen) atoms. The van der Waals surface area contributed by atoms with Crippen LogP contribution in [0.4, 0.5) is 11.6 Å². The molecule has 0 saturated heterocycles. The second kappa shape index (κ2) is 4.94. The Labute approximate surface area is 116 Å². The summed E-state index contributed by atoms with van der Waals surface area (Å²) in [4.78, 5) is 12.7. The zero-order valence-electron chi connectivity index (χ0n) is 10.8. The van der Waals surface area contributed by atoms with Gasteiger partial charge < -0.3 is 5.32 Å². The Hall–Kier alpha value is -3.00. The highest BCUT2D eigenvalue weighted by Gasteiger charge is 2.05. The summed E-state index contributed by atoms with van der Waals surface area (Å²) in [6.07, 6.45) is 1.55. The minimum absolute atomic E-state index is 0.326. The molecular formula is C15H11N5. The van der Waals surface area contributed by atoms with Crippen LogP contribution in [0.15, 0.2) is 42.6 Å². The van der Waals surface area contributed by atoms with Crippen LogP contribution >= 0.6 is 0 Å². The van der Waals surface area contributed by atoms with E-state index in [2.05, 4.69) is 20.3 Å². The molecule has 1 aromatic carbocycles. The standard InChI is InChI=1S/C15H11N5/c1-10-5-6-11-3-2-4-13(14(11)18-10)20-15-17-8-7-12(9-16)19-15/h2-8H,1H3,(H,17,19,20). The molecule has 2 aromatic heterocycles. The molecule has 0 aliphatic carbocycles. The van der Waals surface area contributed by atoms with Crippen molar-refractivity contribution in [2.75, 3.05) is 5.32 Å². The smallest absolute Gasteiger partial charge is 0.228 e. The summed E-state index contributed by atoms with van der Waals surface area (Å²) in [5.74, 6) is 0.389. The van der Waals surface area contributed by atoms with Gasteiger partial charge in [-0.3, -0.25) is 4.98 Å². The van der Waals surface area contributed by atoms with E-state index >= 15 is 0 Å². The molecule has 0 aliphatic rings. The molecule has 0 fully saturated rings. The van der Waals surface area contributed by atoms with Gasteiger partial charge in [-0.05, 0) is 25.1 Å². The number of nitrogens with one attached hydrogen (secondary N) is 1. The lowest BCUT2D eigenvalue weighted by atomic mass is 10.2. The van der Waals surface area contributed by atoms with Crippen LogP contribution in [-0.4, -0.2) is 15.0 Å². The van der Waals surface area contributed by atoms with Gasteiger partial charge in [-0.15, -0.1) is 0 Å². The molecule has 3 aromatic rings. The maximum absolute atomic E-state index is 8.86. The number of hydrogen-bond donors (Lipinski definition) is 1. The highest BCUT2D eigenvalue weighted by molar-refractivity contribution is 5.91. The molecule has 0 bridgehead atoms. The third-order valence-corrected chi connectivity index (χ3v) is 2.88. The summed E-state index contributed by atoms with van der Waals surface area (Å²) < 4.78 is 0. The highest BCUT2D eigenvalue weighted by Crippen LogP contribution is 2.23. The van der Waals surface area contributed by atoms with Crippen molar-refractivity contribution in [2.24, 2.45) is 0 Å². The largest absolute Gasteiger partial charge is 0.322 e. The third-order valence-electron chi connectivity index (χ3n) is 2.88. The SMILES string of the molecule is Cc1ccc2cccc(Nc3nccc(C#N)n3)c2n1. The number of aromatic nitrogens is 3. The molecule has 0 aliphatic heterocycles. The molecule has 0 radical (unpaired) electrons. The van der Waals surface area contributed by atoms with E-state index in [0.29, 0.717) is 11.6 Å². The minimum Gasteiger partial charge on any atom is -0.322 e. The molecule has 1 N–H and O–H groups in total. The van der Waals surface area contributed by atoms with E-state index in [0.717, 1.165) is 22.3 Å². The zero-order chi connectivity index (χ0) is 13.9. The minimum atomic E-state index is 0.326. The number of aryl methyl sites for hydroxylation is 1. The first-order valence-electron chi connectivity index (χ1n) is 6.13. The molecular weight excluding hydrogens is 250 g/mol. The van der Waals surface area contributed by atoms with Crippen molar-refractivity contribution in [1.29, 1.82) is 5.26 Å². The van der Waals surface area contributed by atoms with Gasteiger partial charge in [0.05, 0.1) is 11.2 Å². The van der Waals surface area contributed by atoms with E-state index < -0.39 is 0 Å². The van der Waals surface area contributed by atoms with Gasteiger partial charge >= 0.3 is 0 Å². The molecule has 96 valence electrons. The van der Waals surface area contributed by atoms with Gasteiger partial charge in [-0.25, -0.2) is 9.97 Å². The van der Waals surface area contributed by atoms with Crippen LogP contribution in [-0.2, 0) is 0 Å². The summed E-state index contributed by atoms with van der Waals surface area (Å²) >= 11 is 0. The van der Waals surface area contributed by atoms with Crippen molar-refractivity contribution in [3.05, 3.63) is 54.0 Å². The predicted molar refractivity (Wildman–Crippen MR) is 76.5 cm³/mol. The Kier molecular flexibility index (Phi) is 2.98. The first kappa shape index (κ1) is 12.1. The number of nitriles is 1. The lowest BCUT2D eigenvalue weighted by Crippen LogP contribution is -1.99. The van der Waals surface area contributed by atoms with Crippen LogP contribution in [0.3, 0.4) is 0 Å². The van der Waals surface area contributed by atoms with E-state index in [1.807, 2.05) is 43.3 Å². The fourth-order valence-corrected chi connectivity index (χ4v) is 1.95. The molecule has 0 saturated carbocycles. The highest BCUT2D eigenvalue weighted by atomic mass is 15.1. The van der Waals surface area contributed by atoms with Crippen molar-refractivity contribution in [3.8, 4) is 6.07 Å². The van der Waals surface area contributed by atoms with Crippen molar-refractivity contribution in [3.63, 3.8) is 0 Å². The number of fused-ring (bicyclic) bond motifs is 1. The Morgan fingerprint density at radius 3 is 2.85 bits per heavy atom. The van der Waals surface area contributed by atoms with Crippen LogP contribution in [0, 0.1) is 18.3 Å². The van der Waals surface area contributed by atoms with Crippen molar-refractivity contribution >= 4 is 22.5 Å². The quantitative estimate of drug-likeness (QED) is 0.767. The second-order valence-corrected chi connectivity index (χ2v) is 4.33. The third kappa shape index (κ3) is 2.27. The number of pyridine rings is 1. The van der Waals surface area contributed by atoms with E-state index in [9.17, 15) is 0 Å². The summed E-state index contributed by atoms with van der Waals surface area (Å²) in [6, 6.07) is 13.4. The number of benzene rings is 1. The van der Waals surface area contributed by atoms with Crippen LogP contribution in [0.5, 0.6) is 0 Å². The Balaban J connectivity index is 2.06. The molecule has 2 heterocycles. The number of anilines is 2. The van der Waals surface area contributed by atoms with E-state index in [1.165, 1.54) is 0 Å². The average molecular weight is 261 g/mol. The summed E-state index contributed by atoms with van der Waals surface area (Å²) in [7, 11) is 0. The van der Waals surface area contributed by atoms with Crippen molar-refractivity contribution in [1.82, 2.24) is 15.0 Å². The maximum Gasteiger partial charge on any atom is 0.228 e. The second-order valence-electron chi connectivity index (χ2n) is 4.33. The average Bonchev–Trinajstić information content (AvgIpc) is 2.48. The Bertz CT molecular complexity index is 820. The molecule has 3 rings (SSSR count). The Morgan fingerprint density at radius 1 is 1.10 bits per heavy atom. The van der Waals surface area contributed by atoms with E-state index in [-0.39, 0.29) is 0 Å². The lowest BCUT2D eigenvalue weighted by molar-refractivity contribution is 1.14. The number of rotatable bonds is 2. The molecule has 0 spiro atoms. The summed E-state index contributed by atoms with van der Waals surface area (Å²) in [6.45, 7) is 1.95. The van der Waals surface area contributed by atoms with Gasteiger partial charge in [0.2, 0.25) is 5.95 Å².